The average Bonchev–Trinajstić information content (AvgIpc) is 2.90. The zero-order valence-electron chi connectivity index (χ0n) is 17.3. The molecule has 0 bridgehead atoms. The predicted molar refractivity (Wildman–Crippen MR) is 123 cm³/mol. The third kappa shape index (κ3) is 5.84. The number of anilines is 1. The van der Waals surface area contributed by atoms with E-state index in [-0.39, 0.29) is 29.3 Å². The van der Waals surface area contributed by atoms with Crippen LogP contribution in [0, 0.1) is 0 Å². The van der Waals surface area contributed by atoms with Crippen LogP contribution in [0.3, 0.4) is 0 Å². The fourth-order valence-electron chi connectivity index (χ4n) is 2.96. The summed E-state index contributed by atoms with van der Waals surface area (Å²) in [5.41, 5.74) is 0.562. The summed E-state index contributed by atoms with van der Waals surface area (Å²) < 4.78 is 31.6. The molecule has 0 saturated carbocycles. The van der Waals surface area contributed by atoms with E-state index in [9.17, 15) is 22.8 Å². The Labute approximate surface area is 200 Å². The molecule has 1 heterocycles. The molecule has 1 aliphatic heterocycles. The monoisotopic (exact) mass is 511 g/mol. The largest absolute Gasteiger partial charge is 0.450 e. The molecule has 1 fully saturated rings. The molecule has 3 amide bonds. The third-order valence-electron chi connectivity index (χ3n) is 4.52. The van der Waals surface area contributed by atoms with Gasteiger partial charge in [0.2, 0.25) is 5.91 Å². The Morgan fingerprint density at radius 2 is 1.82 bits per heavy atom. The number of sulfonamides is 1. The van der Waals surface area contributed by atoms with E-state index < -0.39 is 34.5 Å². The Balaban J connectivity index is 2.02. The van der Waals surface area contributed by atoms with Crippen LogP contribution < -0.4 is 10.6 Å². The van der Waals surface area contributed by atoms with Crippen molar-refractivity contribution in [3.8, 4) is 0 Å². The summed E-state index contributed by atoms with van der Waals surface area (Å²) in [4.78, 5) is 37.1. The number of carbonyl (C=O) groups excluding carboxylic acids is 3. The van der Waals surface area contributed by atoms with Gasteiger partial charge >= 0.3 is 6.09 Å². The molecule has 174 valence electrons. The molecule has 0 spiro atoms. The summed E-state index contributed by atoms with van der Waals surface area (Å²) in [7, 11) is -4.35. The van der Waals surface area contributed by atoms with E-state index in [1.165, 1.54) is 48.5 Å². The highest BCUT2D eigenvalue weighted by Gasteiger charge is 2.35. The van der Waals surface area contributed by atoms with Crippen molar-refractivity contribution in [3.63, 3.8) is 0 Å². The van der Waals surface area contributed by atoms with E-state index in [0.717, 1.165) is 0 Å². The van der Waals surface area contributed by atoms with Gasteiger partial charge in [0.05, 0.1) is 17.2 Å². The molecule has 1 aliphatic rings. The minimum atomic E-state index is -4.35. The molecule has 12 heteroatoms. The smallest absolute Gasteiger partial charge is 0.411 e. The number of hydrogen-bond acceptors (Lipinski definition) is 6. The number of nitrogens with one attached hydrogen (secondary N) is 2. The molecule has 0 atom stereocenters. The van der Waals surface area contributed by atoms with Gasteiger partial charge in [-0.2, -0.15) is 0 Å². The van der Waals surface area contributed by atoms with Crippen LogP contribution in [0.5, 0.6) is 0 Å². The Kier molecular flexibility index (Phi) is 7.62. The molecule has 9 nitrogen and oxygen atoms in total. The summed E-state index contributed by atoms with van der Waals surface area (Å²) in [6.45, 7) is 0.880. The summed E-state index contributed by atoms with van der Waals surface area (Å²) in [5.74, 6) is -1.55. The van der Waals surface area contributed by atoms with E-state index >= 15 is 0 Å². The van der Waals surface area contributed by atoms with Gasteiger partial charge in [-0.1, -0.05) is 23.2 Å². The summed E-state index contributed by atoms with van der Waals surface area (Å²) in [5, 5.41) is 5.66. The Morgan fingerprint density at radius 1 is 1.15 bits per heavy atom. The van der Waals surface area contributed by atoms with Gasteiger partial charge in [-0.25, -0.2) is 17.5 Å². The maximum Gasteiger partial charge on any atom is 0.411 e. The molecule has 0 unspecified atom stereocenters. The van der Waals surface area contributed by atoms with E-state index in [1.807, 2.05) is 0 Å². The molecule has 0 aliphatic carbocycles. The lowest BCUT2D eigenvalue weighted by Gasteiger charge is -2.20. The van der Waals surface area contributed by atoms with Crippen LogP contribution in [-0.4, -0.2) is 50.3 Å². The number of halogens is 2. The quantitative estimate of drug-likeness (QED) is 0.593. The second kappa shape index (κ2) is 10.2. The van der Waals surface area contributed by atoms with Crippen LogP contribution in [0.4, 0.5) is 10.5 Å². The molecule has 0 aromatic heterocycles. The Hall–Kier alpha value is -3.08. The molecular weight excluding hydrogens is 493 g/mol. The average molecular weight is 512 g/mol. The van der Waals surface area contributed by atoms with E-state index in [0.29, 0.717) is 19.9 Å². The second-order valence-corrected chi connectivity index (χ2v) is 9.53. The van der Waals surface area contributed by atoms with Gasteiger partial charge in [-0.3, -0.25) is 14.9 Å². The third-order valence-corrected chi connectivity index (χ3v) is 6.75. The first-order chi connectivity index (χ1) is 15.6. The molecule has 1 saturated heterocycles. The number of nitrogens with zero attached hydrogens (tertiary/aromatic N) is 1. The van der Waals surface area contributed by atoms with Gasteiger partial charge in [-0.15, -0.1) is 0 Å². The number of amides is 3. The lowest BCUT2D eigenvalue weighted by molar-refractivity contribution is -0.127. The number of ether oxygens (including phenoxy) is 1. The van der Waals surface area contributed by atoms with Crippen LogP contribution in [0.1, 0.15) is 12.5 Å². The van der Waals surface area contributed by atoms with Crippen molar-refractivity contribution in [1.82, 2.24) is 9.62 Å². The number of carbonyl (C=O) groups is 3. The zero-order valence-corrected chi connectivity index (χ0v) is 19.6. The molecule has 33 heavy (non-hydrogen) atoms. The summed E-state index contributed by atoms with van der Waals surface area (Å²) in [6.07, 6.45) is 0.637. The number of benzene rings is 2. The highest BCUT2D eigenvalue weighted by Crippen LogP contribution is 2.26. The second-order valence-electron chi connectivity index (χ2n) is 6.79. The number of rotatable bonds is 5. The van der Waals surface area contributed by atoms with Crippen LogP contribution in [-0.2, 0) is 24.3 Å². The van der Waals surface area contributed by atoms with Gasteiger partial charge in [0.1, 0.15) is 6.54 Å². The van der Waals surface area contributed by atoms with Crippen LogP contribution in [0.2, 0.25) is 10.0 Å². The normalized spacial score (nSPS) is 15.7. The first-order valence-electron chi connectivity index (χ1n) is 9.65. The minimum Gasteiger partial charge on any atom is -0.450 e. The lowest BCUT2D eigenvalue weighted by atomic mass is 10.1. The SMILES string of the molecule is CCOC(=O)Nc1ccc(Cl)cc1/C=C1\CNC(=O)CN(S(=O)(=O)c2ccc(Cl)cc2)C1=O. The van der Waals surface area contributed by atoms with E-state index in [4.69, 9.17) is 27.9 Å². The summed E-state index contributed by atoms with van der Waals surface area (Å²) >= 11 is 11.9. The standard InChI is InChI=1S/C21H19Cl2N3O6S/c1-2-32-21(29)25-18-8-5-16(23)10-13(18)9-14-11-24-19(27)12-26(20(14)28)33(30,31)17-6-3-15(22)4-7-17/h3-10H,2,11-12H2,1H3,(H,24,27)(H,25,29)/b14-9+. The first kappa shape index (κ1) is 24.6. The van der Waals surface area contributed by atoms with Crippen molar-refractivity contribution in [3.05, 3.63) is 63.6 Å². The summed E-state index contributed by atoms with van der Waals surface area (Å²) in [6, 6.07) is 9.74. The molecule has 0 radical (unpaired) electrons. The fraction of sp³-hybridized carbons (Fsp3) is 0.190. The predicted octanol–water partition coefficient (Wildman–Crippen LogP) is 3.29. The maximum absolute atomic E-state index is 13.2. The van der Waals surface area contributed by atoms with Crippen molar-refractivity contribution >= 4 is 62.9 Å². The van der Waals surface area contributed by atoms with Gasteiger partial charge in [-0.05, 0) is 55.5 Å². The van der Waals surface area contributed by atoms with Crippen LogP contribution >= 0.6 is 23.2 Å². The maximum atomic E-state index is 13.2. The van der Waals surface area contributed by atoms with Gasteiger partial charge < -0.3 is 10.1 Å². The van der Waals surface area contributed by atoms with Crippen molar-refractivity contribution in [2.45, 2.75) is 11.8 Å². The zero-order chi connectivity index (χ0) is 24.2. The highest BCUT2D eigenvalue weighted by molar-refractivity contribution is 7.89. The van der Waals surface area contributed by atoms with E-state index in [1.54, 1.807) is 6.92 Å². The van der Waals surface area contributed by atoms with Crippen molar-refractivity contribution in [2.75, 3.05) is 25.0 Å². The minimum absolute atomic E-state index is 0.0347. The fourth-order valence-corrected chi connectivity index (χ4v) is 4.62. The van der Waals surface area contributed by atoms with Crippen LogP contribution in [0.15, 0.2) is 52.9 Å². The molecule has 3 rings (SSSR count). The van der Waals surface area contributed by atoms with Crippen molar-refractivity contribution in [2.24, 2.45) is 0 Å². The molecule has 2 aromatic rings. The first-order valence-corrected chi connectivity index (χ1v) is 11.8. The van der Waals surface area contributed by atoms with Gasteiger partial charge in [0.15, 0.2) is 0 Å². The van der Waals surface area contributed by atoms with Gasteiger partial charge in [0, 0.05) is 27.7 Å². The topological polar surface area (TPSA) is 122 Å². The molecule has 2 N–H and O–H groups in total. The molecular formula is C21H19Cl2N3O6S. The van der Waals surface area contributed by atoms with Crippen LogP contribution in [0.25, 0.3) is 6.08 Å². The Morgan fingerprint density at radius 3 is 2.48 bits per heavy atom. The van der Waals surface area contributed by atoms with Crippen molar-refractivity contribution < 1.29 is 27.5 Å². The lowest BCUT2D eigenvalue weighted by Crippen LogP contribution is -2.40. The van der Waals surface area contributed by atoms with Crippen molar-refractivity contribution in [1.29, 1.82) is 0 Å². The highest BCUT2D eigenvalue weighted by atomic mass is 35.5. The Bertz CT molecular complexity index is 1230. The van der Waals surface area contributed by atoms with Gasteiger partial charge in [0.25, 0.3) is 15.9 Å². The number of hydrogen-bond donors (Lipinski definition) is 2. The van der Waals surface area contributed by atoms with E-state index in [2.05, 4.69) is 10.6 Å². The molecule has 2 aromatic carbocycles.